The summed E-state index contributed by atoms with van der Waals surface area (Å²) >= 11 is 0. The maximum Gasteiger partial charge on any atom is 0.472 e. The van der Waals surface area contributed by atoms with Crippen molar-refractivity contribution in [1.29, 1.82) is 0 Å². The lowest BCUT2D eigenvalue weighted by Gasteiger charge is -2.25. The Labute approximate surface area is 359 Å². The number of aliphatic hydroxyl groups is 1. The van der Waals surface area contributed by atoms with Crippen molar-refractivity contribution in [3.63, 3.8) is 0 Å². The van der Waals surface area contributed by atoms with Gasteiger partial charge in [-0.25, -0.2) is 4.57 Å². The first-order valence-corrected chi connectivity index (χ1v) is 25.9. The number of amides is 1. The number of phosphoric ester groups is 1. The molecule has 0 aliphatic rings. The van der Waals surface area contributed by atoms with Crippen LogP contribution in [0.4, 0.5) is 0 Å². The molecule has 0 heterocycles. The lowest BCUT2D eigenvalue weighted by atomic mass is 10.0. The van der Waals surface area contributed by atoms with Gasteiger partial charge >= 0.3 is 7.82 Å². The van der Waals surface area contributed by atoms with Crippen LogP contribution < -0.4 is 5.32 Å². The number of likely N-dealkylation sites (N-methyl/N-ethyl adjacent to an activating group) is 1. The van der Waals surface area contributed by atoms with Crippen molar-refractivity contribution >= 4 is 13.7 Å². The van der Waals surface area contributed by atoms with Crippen LogP contribution in [0.15, 0.2) is 36.5 Å². The second-order valence-corrected chi connectivity index (χ2v) is 19.3. The maximum absolute atomic E-state index is 12.9. The Balaban J connectivity index is 4.41. The number of nitrogens with zero attached hydrogens (tertiary/aromatic N) is 1. The van der Waals surface area contributed by atoms with Crippen LogP contribution >= 0.6 is 7.82 Å². The van der Waals surface area contributed by atoms with E-state index >= 15 is 0 Å². The summed E-state index contributed by atoms with van der Waals surface area (Å²) in [7, 11) is 1.55. The van der Waals surface area contributed by atoms with Gasteiger partial charge in [0.25, 0.3) is 0 Å². The van der Waals surface area contributed by atoms with Crippen LogP contribution in [-0.2, 0) is 18.4 Å². The van der Waals surface area contributed by atoms with E-state index < -0.39 is 20.0 Å². The van der Waals surface area contributed by atoms with Crippen molar-refractivity contribution in [2.45, 2.75) is 231 Å². The molecule has 0 radical (unpaired) electrons. The van der Waals surface area contributed by atoms with E-state index in [0.29, 0.717) is 17.4 Å². The zero-order valence-corrected chi connectivity index (χ0v) is 39.7. The van der Waals surface area contributed by atoms with Gasteiger partial charge < -0.3 is 19.8 Å². The van der Waals surface area contributed by atoms with E-state index in [9.17, 15) is 19.4 Å². The number of nitrogens with one attached hydrogen (secondary N) is 1. The summed E-state index contributed by atoms with van der Waals surface area (Å²) in [6.45, 7) is 4.80. The van der Waals surface area contributed by atoms with Crippen molar-refractivity contribution < 1.29 is 32.9 Å². The lowest BCUT2D eigenvalue weighted by Crippen LogP contribution is -2.45. The van der Waals surface area contributed by atoms with Crippen molar-refractivity contribution in [1.82, 2.24) is 5.32 Å². The van der Waals surface area contributed by atoms with Gasteiger partial charge in [0.15, 0.2) is 0 Å². The van der Waals surface area contributed by atoms with E-state index in [1.807, 2.05) is 27.2 Å². The summed E-state index contributed by atoms with van der Waals surface area (Å²) in [5.74, 6) is -0.191. The molecule has 3 unspecified atom stereocenters. The van der Waals surface area contributed by atoms with Crippen LogP contribution in [0.3, 0.4) is 0 Å². The summed E-state index contributed by atoms with van der Waals surface area (Å²) < 4.78 is 23.6. The number of phosphoric acid groups is 1. The molecule has 3 N–H and O–H groups in total. The van der Waals surface area contributed by atoms with E-state index in [2.05, 4.69) is 43.5 Å². The predicted octanol–water partition coefficient (Wildman–Crippen LogP) is 13.9. The molecule has 1 amide bonds. The number of quaternary nitrogens is 1. The fraction of sp³-hybridized carbons (Fsp3) is 0.857. The van der Waals surface area contributed by atoms with E-state index in [4.69, 9.17) is 9.05 Å². The number of unbranched alkanes of at least 4 members (excludes halogenated alkanes) is 27. The maximum atomic E-state index is 12.9. The van der Waals surface area contributed by atoms with Crippen LogP contribution in [0.25, 0.3) is 0 Å². The van der Waals surface area contributed by atoms with E-state index in [1.165, 1.54) is 161 Å². The Morgan fingerprint density at radius 1 is 0.569 bits per heavy atom. The van der Waals surface area contributed by atoms with Gasteiger partial charge in [0, 0.05) is 6.42 Å². The van der Waals surface area contributed by atoms with Crippen molar-refractivity contribution in [2.75, 3.05) is 40.9 Å². The Bertz CT molecular complexity index is 1040. The SMILES string of the molecule is CCCCCCCCC/C=C\CCCCCCCCCC(=O)NC(COP(=O)(O)OCC[N+](C)(C)C)C(O)/C=C/CC/C=C/CCCCCCCCCCCCCC. The molecule has 0 aromatic rings. The Kier molecular flexibility index (Phi) is 40.2. The number of carbonyl (C=O) groups excluding carboxylic acids is 1. The van der Waals surface area contributed by atoms with Gasteiger partial charge in [0.2, 0.25) is 5.91 Å². The van der Waals surface area contributed by atoms with Crippen LogP contribution in [-0.4, -0.2) is 73.4 Å². The lowest BCUT2D eigenvalue weighted by molar-refractivity contribution is -0.870. The van der Waals surface area contributed by atoms with Crippen LogP contribution in [0.2, 0.25) is 0 Å². The molecule has 58 heavy (non-hydrogen) atoms. The Morgan fingerprint density at radius 2 is 0.948 bits per heavy atom. The molecule has 0 saturated carbocycles. The zero-order valence-electron chi connectivity index (χ0n) is 38.8. The predicted molar refractivity (Wildman–Crippen MR) is 249 cm³/mol. The minimum absolute atomic E-state index is 0.0555. The summed E-state index contributed by atoms with van der Waals surface area (Å²) in [6, 6.07) is -0.864. The van der Waals surface area contributed by atoms with Gasteiger partial charge in [-0.1, -0.05) is 192 Å². The highest BCUT2D eigenvalue weighted by atomic mass is 31.2. The second kappa shape index (κ2) is 41.1. The number of hydrogen-bond donors (Lipinski definition) is 3. The van der Waals surface area contributed by atoms with Gasteiger partial charge in [0.1, 0.15) is 13.2 Å². The molecule has 0 fully saturated rings. The number of rotatable bonds is 44. The number of allylic oxidation sites excluding steroid dienone is 5. The van der Waals surface area contributed by atoms with Gasteiger partial charge in [-0.2, -0.15) is 0 Å². The standard InChI is InChI=1S/C49H95N2O6P/c1-6-8-10-12-14-16-18-20-22-24-26-28-30-32-34-36-38-40-42-48(52)47(46-57-58(54,55)56-45-44-51(3,4)5)50-49(53)43-41-39-37-35-33-31-29-27-25-23-21-19-17-15-13-11-9-7-2/h23,25,32,34,40,42,47-48,52H,6-22,24,26-31,33,35-39,41,43-46H2,1-5H3,(H-,50,53,54,55)/p+1/b25-23-,34-32+,42-40+. The average molecular weight is 840 g/mol. The zero-order chi connectivity index (χ0) is 42.8. The van der Waals surface area contributed by atoms with Crippen molar-refractivity contribution in [2.24, 2.45) is 0 Å². The molecule has 0 rings (SSSR count). The molecule has 0 aromatic heterocycles. The molecule has 9 heteroatoms. The molecule has 0 aliphatic carbocycles. The Hall–Kier alpha value is -1.28. The molecule has 342 valence electrons. The molecule has 0 spiro atoms. The minimum atomic E-state index is -4.35. The average Bonchev–Trinajstić information content (AvgIpc) is 3.17. The fourth-order valence-electron chi connectivity index (χ4n) is 6.93. The molecular formula is C49H96N2O6P+. The van der Waals surface area contributed by atoms with Crippen LogP contribution in [0, 0.1) is 0 Å². The van der Waals surface area contributed by atoms with E-state index in [0.717, 1.165) is 38.5 Å². The normalized spacial score (nSPS) is 14.5. The van der Waals surface area contributed by atoms with Crippen molar-refractivity contribution in [3.8, 4) is 0 Å². The number of aliphatic hydroxyl groups excluding tert-OH is 1. The molecule has 0 aliphatic heterocycles. The number of carbonyl (C=O) groups is 1. The third-order valence-corrected chi connectivity index (χ3v) is 11.8. The van der Waals surface area contributed by atoms with Crippen LogP contribution in [0.5, 0.6) is 0 Å². The molecule has 0 saturated heterocycles. The summed E-state index contributed by atoms with van der Waals surface area (Å²) in [5.41, 5.74) is 0. The first-order chi connectivity index (χ1) is 28.0. The highest BCUT2D eigenvalue weighted by Crippen LogP contribution is 2.43. The topological polar surface area (TPSA) is 105 Å². The van der Waals surface area contributed by atoms with E-state index in [-0.39, 0.29) is 19.1 Å². The highest BCUT2D eigenvalue weighted by Gasteiger charge is 2.27. The summed E-state index contributed by atoms with van der Waals surface area (Å²) in [6.07, 6.45) is 50.8. The third-order valence-electron chi connectivity index (χ3n) is 10.8. The van der Waals surface area contributed by atoms with Gasteiger partial charge in [-0.15, -0.1) is 0 Å². The molecule has 8 nitrogen and oxygen atoms in total. The summed E-state index contributed by atoms with van der Waals surface area (Å²) in [5, 5.41) is 13.8. The largest absolute Gasteiger partial charge is 0.472 e. The Morgan fingerprint density at radius 3 is 1.38 bits per heavy atom. The van der Waals surface area contributed by atoms with Gasteiger partial charge in [-0.05, 0) is 57.8 Å². The monoisotopic (exact) mass is 840 g/mol. The van der Waals surface area contributed by atoms with Gasteiger partial charge in [0.05, 0.1) is 39.9 Å². The summed E-state index contributed by atoms with van der Waals surface area (Å²) in [4.78, 5) is 23.2. The molecular weight excluding hydrogens is 744 g/mol. The van der Waals surface area contributed by atoms with Crippen molar-refractivity contribution in [3.05, 3.63) is 36.5 Å². The fourth-order valence-corrected chi connectivity index (χ4v) is 7.67. The quantitative estimate of drug-likeness (QED) is 0.0244. The van der Waals surface area contributed by atoms with E-state index in [1.54, 1.807) is 6.08 Å². The minimum Gasteiger partial charge on any atom is -0.387 e. The van der Waals surface area contributed by atoms with Gasteiger partial charge in [-0.3, -0.25) is 13.8 Å². The first-order valence-electron chi connectivity index (χ1n) is 24.4. The second-order valence-electron chi connectivity index (χ2n) is 17.8. The molecule has 3 atom stereocenters. The van der Waals surface area contributed by atoms with Crippen LogP contribution in [0.1, 0.15) is 219 Å². The highest BCUT2D eigenvalue weighted by molar-refractivity contribution is 7.47. The smallest absolute Gasteiger partial charge is 0.387 e. The number of hydrogen-bond acceptors (Lipinski definition) is 5. The third kappa shape index (κ3) is 42.8. The first kappa shape index (κ1) is 56.7. The molecule has 0 aromatic carbocycles. The molecule has 0 bridgehead atoms.